The molecular formula is C21H26N2O4S. The number of hydrogen-bond donors (Lipinski definition) is 2. The van der Waals surface area contributed by atoms with E-state index in [0.29, 0.717) is 24.6 Å². The number of hydrogen-bond acceptors (Lipinski definition) is 5. The minimum Gasteiger partial charge on any atom is -0.395 e. The maximum absolute atomic E-state index is 12.9. The fraction of sp³-hybridized carbons (Fsp3) is 0.524. The van der Waals surface area contributed by atoms with Crippen LogP contribution in [0.25, 0.3) is 10.1 Å². The van der Waals surface area contributed by atoms with Gasteiger partial charge in [-0.3, -0.25) is 9.59 Å². The lowest BCUT2D eigenvalue weighted by Crippen LogP contribution is -2.44. The van der Waals surface area contributed by atoms with Crippen molar-refractivity contribution in [2.75, 3.05) is 32.8 Å². The fourth-order valence-corrected chi connectivity index (χ4v) is 5.43. The third kappa shape index (κ3) is 3.79. The van der Waals surface area contributed by atoms with E-state index >= 15 is 0 Å². The summed E-state index contributed by atoms with van der Waals surface area (Å²) in [5.74, 6) is 0.176. The monoisotopic (exact) mass is 402 g/mol. The number of amides is 2. The zero-order valence-electron chi connectivity index (χ0n) is 15.9. The Morgan fingerprint density at radius 3 is 2.82 bits per heavy atom. The minimum absolute atomic E-state index is 0.102. The largest absolute Gasteiger partial charge is 0.395 e. The molecule has 0 spiro atoms. The number of carbonyl (C=O) groups excluding carboxylic acids is 2. The standard InChI is InChI=1S/C21H26N2O4S/c24-11-9-22-20(25)19-18(15-7-3-4-8-17(15)28-19)16-13-23(10-12-27-16)21(26)14-5-1-2-6-14/h3-4,7-8,14,16,24H,1-2,5-6,9-13H2,(H,22,25)/t16-/m0/s1. The topological polar surface area (TPSA) is 78.9 Å². The van der Waals surface area contributed by atoms with Crippen molar-refractivity contribution in [1.82, 2.24) is 10.2 Å². The van der Waals surface area contributed by atoms with Gasteiger partial charge in [-0.15, -0.1) is 11.3 Å². The predicted octanol–water partition coefficient (Wildman–Crippen LogP) is 2.71. The Balaban J connectivity index is 1.63. The van der Waals surface area contributed by atoms with Crippen LogP contribution >= 0.6 is 11.3 Å². The van der Waals surface area contributed by atoms with Gasteiger partial charge >= 0.3 is 0 Å². The maximum Gasteiger partial charge on any atom is 0.261 e. The van der Waals surface area contributed by atoms with Crippen LogP contribution in [-0.4, -0.2) is 54.7 Å². The van der Waals surface area contributed by atoms with Gasteiger partial charge in [0, 0.05) is 29.3 Å². The van der Waals surface area contributed by atoms with E-state index < -0.39 is 0 Å². The second-order valence-electron chi connectivity index (χ2n) is 7.45. The molecule has 150 valence electrons. The number of thiophene rings is 1. The second kappa shape index (κ2) is 8.59. The number of ether oxygens (including phenoxy) is 1. The fourth-order valence-electron chi connectivity index (χ4n) is 4.26. The summed E-state index contributed by atoms with van der Waals surface area (Å²) >= 11 is 1.43. The number of benzene rings is 1. The molecule has 1 atom stereocenters. The lowest BCUT2D eigenvalue weighted by atomic mass is 10.0. The molecule has 28 heavy (non-hydrogen) atoms. The van der Waals surface area contributed by atoms with E-state index in [1.807, 2.05) is 29.2 Å². The smallest absolute Gasteiger partial charge is 0.261 e. The van der Waals surface area contributed by atoms with Crippen molar-refractivity contribution in [2.45, 2.75) is 31.8 Å². The van der Waals surface area contributed by atoms with Gasteiger partial charge in [0.2, 0.25) is 5.91 Å². The summed E-state index contributed by atoms with van der Waals surface area (Å²) in [5.41, 5.74) is 0.861. The van der Waals surface area contributed by atoms with Gasteiger partial charge in [0.1, 0.15) is 6.10 Å². The highest BCUT2D eigenvalue weighted by Gasteiger charge is 2.34. The highest BCUT2D eigenvalue weighted by Crippen LogP contribution is 2.38. The molecule has 2 aromatic rings. The van der Waals surface area contributed by atoms with Gasteiger partial charge in [-0.25, -0.2) is 0 Å². The highest BCUT2D eigenvalue weighted by molar-refractivity contribution is 7.21. The minimum atomic E-state index is -0.315. The average molecular weight is 403 g/mol. The Morgan fingerprint density at radius 1 is 1.25 bits per heavy atom. The van der Waals surface area contributed by atoms with E-state index in [4.69, 9.17) is 9.84 Å². The molecule has 7 heteroatoms. The average Bonchev–Trinajstić information content (AvgIpc) is 3.39. The van der Waals surface area contributed by atoms with Gasteiger partial charge in [0.25, 0.3) is 5.91 Å². The van der Waals surface area contributed by atoms with Crippen molar-refractivity contribution in [3.8, 4) is 0 Å². The van der Waals surface area contributed by atoms with Crippen molar-refractivity contribution in [2.24, 2.45) is 5.92 Å². The zero-order valence-corrected chi connectivity index (χ0v) is 16.7. The van der Waals surface area contributed by atoms with Crippen molar-refractivity contribution in [3.05, 3.63) is 34.7 Å². The van der Waals surface area contributed by atoms with Crippen LogP contribution in [0.15, 0.2) is 24.3 Å². The molecule has 2 heterocycles. The Labute approximate surface area is 168 Å². The molecule has 1 saturated heterocycles. The van der Waals surface area contributed by atoms with Crippen LogP contribution in [0.3, 0.4) is 0 Å². The number of rotatable bonds is 5. The molecule has 2 aliphatic rings. The Kier molecular flexibility index (Phi) is 5.94. The van der Waals surface area contributed by atoms with E-state index in [0.717, 1.165) is 41.3 Å². The van der Waals surface area contributed by atoms with E-state index in [2.05, 4.69) is 5.32 Å². The molecule has 1 aliphatic carbocycles. The van der Waals surface area contributed by atoms with Crippen molar-refractivity contribution in [3.63, 3.8) is 0 Å². The van der Waals surface area contributed by atoms with Gasteiger partial charge < -0.3 is 20.1 Å². The van der Waals surface area contributed by atoms with Crippen molar-refractivity contribution < 1.29 is 19.4 Å². The molecule has 1 aromatic carbocycles. The van der Waals surface area contributed by atoms with E-state index in [1.54, 1.807) is 0 Å². The van der Waals surface area contributed by atoms with E-state index in [-0.39, 0.29) is 37.0 Å². The molecule has 1 saturated carbocycles. The molecule has 2 fully saturated rings. The third-order valence-electron chi connectivity index (χ3n) is 5.64. The lowest BCUT2D eigenvalue weighted by molar-refractivity contribution is -0.143. The summed E-state index contributed by atoms with van der Waals surface area (Å²) < 4.78 is 7.07. The van der Waals surface area contributed by atoms with Gasteiger partial charge in [-0.2, -0.15) is 0 Å². The molecule has 0 radical (unpaired) electrons. The summed E-state index contributed by atoms with van der Waals surface area (Å²) in [7, 11) is 0. The Bertz CT molecular complexity index is 859. The van der Waals surface area contributed by atoms with Crippen LogP contribution in [0.4, 0.5) is 0 Å². The lowest BCUT2D eigenvalue weighted by Gasteiger charge is -2.35. The normalized spacial score (nSPS) is 20.6. The molecule has 6 nitrogen and oxygen atoms in total. The number of morpholine rings is 1. The molecule has 0 unspecified atom stereocenters. The molecule has 4 rings (SSSR count). The van der Waals surface area contributed by atoms with Crippen molar-refractivity contribution in [1.29, 1.82) is 0 Å². The molecule has 2 N–H and O–H groups in total. The molecule has 1 aliphatic heterocycles. The molecule has 2 amide bonds. The van der Waals surface area contributed by atoms with Crippen LogP contribution in [0.2, 0.25) is 0 Å². The predicted molar refractivity (Wildman–Crippen MR) is 108 cm³/mol. The van der Waals surface area contributed by atoms with E-state index in [9.17, 15) is 9.59 Å². The summed E-state index contributed by atoms with van der Waals surface area (Å²) in [4.78, 5) is 28.1. The first-order chi connectivity index (χ1) is 13.7. The van der Waals surface area contributed by atoms with Gasteiger partial charge in [-0.05, 0) is 24.3 Å². The summed E-state index contributed by atoms with van der Waals surface area (Å²) in [6.07, 6.45) is 3.92. The van der Waals surface area contributed by atoms with Gasteiger partial charge in [0.05, 0.1) is 24.6 Å². The second-order valence-corrected chi connectivity index (χ2v) is 8.50. The first-order valence-electron chi connectivity index (χ1n) is 10.00. The number of nitrogens with zero attached hydrogens (tertiary/aromatic N) is 1. The van der Waals surface area contributed by atoms with Crippen LogP contribution in [0.1, 0.15) is 47.0 Å². The Hall–Kier alpha value is -1.96. The number of aliphatic hydroxyl groups excluding tert-OH is 1. The first-order valence-corrected chi connectivity index (χ1v) is 10.8. The summed E-state index contributed by atoms with van der Waals surface area (Å²) in [6, 6.07) is 7.91. The molecular weight excluding hydrogens is 376 g/mol. The van der Waals surface area contributed by atoms with Crippen LogP contribution < -0.4 is 5.32 Å². The number of fused-ring (bicyclic) bond motifs is 1. The maximum atomic E-state index is 12.9. The number of carbonyl (C=O) groups is 2. The highest BCUT2D eigenvalue weighted by atomic mass is 32.1. The SMILES string of the molecule is O=C(NCCO)c1sc2ccccc2c1[C@@H]1CN(C(=O)C2CCCC2)CCO1. The number of aliphatic hydroxyl groups is 1. The summed E-state index contributed by atoms with van der Waals surface area (Å²) in [5, 5.41) is 12.8. The Morgan fingerprint density at radius 2 is 2.04 bits per heavy atom. The third-order valence-corrected chi connectivity index (χ3v) is 6.83. The van der Waals surface area contributed by atoms with Crippen LogP contribution in [-0.2, 0) is 9.53 Å². The summed E-state index contributed by atoms with van der Waals surface area (Å²) in [6.45, 7) is 1.68. The first kappa shape index (κ1) is 19.4. The van der Waals surface area contributed by atoms with Crippen LogP contribution in [0, 0.1) is 5.92 Å². The van der Waals surface area contributed by atoms with Crippen molar-refractivity contribution >= 4 is 33.2 Å². The van der Waals surface area contributed by atoms with Crippen LogP contribution in [0.5, 0.6) is 0 Å². The molecule has 1 aromatic heterocycles. The van der Waals surface area contributed by atoms with E-state index in [1.165, 1.54) is 11.3 Å². The molecule has 0 bridgehead atoms. The van der Waals surface area contributed by atoms with Gasteiger partial charge in [-0.1, -0.05) is 31.0 Å². The number of nitrogens with one attached hydrogen (secondary N) is 1. The van der Waals surface area contributed by atoms with Gasteiger partial charge in [0.15, 0.2) is 0 Å². The zero-order chi connectivity index (χ0) is 19.5. The quantitative estimate of drug-likeness (QED) is 0.806.